The van der Waals surface area contributed by atoms with Gasteiger partial charge < -0.3 is 4.74 Å². The summed E-state index contributed by atoms with van der Waals surface area (Å²) in [5.74, 6) is 5.15. The fourth-order valence-electron chi connectivity index (χ4n) is 0.913. The van der Waals surface area contributed by atoms with Gasteiger partial charge in [0.1, 0.15) is 12.3 Å². The van der Waals surface area contributed by atoms with Crippen LogP contribution in [0, 0.1) is 6.92 Å². The summed E-state index contributed by atoms with van der Waals surface area (Å²) in [6.07, 6.45) is 0. The Hall–Kier alpha value is -1.39. The van der Waals surface area contributed by atoms with Crippen LogP contribution in [-0.4, -0.2) is 12.5 Å². The zero-order chi connectivity index (χ0) is 9.68. The van der Waals surface area contributed by atoms with E-state index >= 15 is 0 Å². The molecule has 0 saturated heterocycles. The van der Waals surface area contributed by atoms with Crippen LogP contribution in [0.15, 0.2) is 24.3 Å². The van der Waals surface area contributed by atoms with Crippen LogP contribution in [0.2, 0.25) is 0 Å². The number of para-hydroxylation sites is 1. The number of carbonyl (C=O) groups excluding carboxylic acids is 1. The lowest BCUT2D eigenvalue weighted by atomic mass is 10.2. The number of nitrogens with one attached hydrogen (secondary N) is 1. The lowest BCUT2D eigenvalue weighted by Crippen LogP contribution is -2.31. The molecule has 0 unspecified atom stereocenters. The Labute approximate surface area is 76.7 Å². The van der Waals surface area contributed by atoms with Crippen LogP contribution in [0.3, 0.4) is 0 Å². The number of hydrogen-bond donors (Lipinski definition) is 2. The first-order valence-corrected chi connectivity index (χ1v) is 3.94. The van der Waals surface area contributed by atoms with Crippen molar-refractivity contribution in [2.24, 2.45) is 5.84 Å². The van der Waals surface area contributed by atoms with Gasteiger partial charge in [0.25, 0.3) is 0 Å². The fourth-order valence-corrected chi connectivity index (χ4v) is 0.913. The van der Waals surface area contributed by atoms with Gasteiger partial charge in [-0.05, 0) is 18.6 Å². The second-order valence-corrected chi connectivity index (χ2v) is 2.62. The minimum Gasteiger partial charge on any atom is -0.425 e. The van der Waals surface area contributed by atoms with Gasteiger partial charge in [0.05, 0.1) is 0 Å². The van der Waals surface area contributed by atoms with E-state index in [2.05, 4.69) is 5.43 Å². The molecule has 0 saturated carbocycles. The van der Waals surface area contributed by atoms with Gasteiger partial charge in [-0.15, -0.1) is 0 Å². The highest BCUT2D eigenvalue weighted by Crippen LogP contribution is 2.15. The minimum absolute atomic E-state index is 0.00827. The molecule has 0 aliphatic carbocycles. The van der Waals surface area contributed by atoms with Crippen LogP contribution in [0.25, 0.3) is 0 Å². The number of hydrazine groups is 1. The number of ether oxygens (including phenoxy) is 1. The summed E-state index contributed by atoms with van der Waals surface area (Å²) in [4.78, 5) is 11.0. The third-order valence-electron chi connectivity index (χ3n) is 1.56. The van der Waals surface area contributed by atoms with Crippen molar-refractivity contribution < 1.29 is 9.53 Å². The topological polar surface area (TPSA) is 64.3 Å². The molecule has 3 N–H and O–H groups in total. The minimum atomic E-state index is -0.392. The van der Waals surface area contributed by atoms with E-state index in [9.17, 15) is 4.79 Å². The lowest BCUT2D eigenvalue weighted by molar-refractivity contribution is -0.133. The van der Waals surface area contributed by atoms with E-state index in [-0.39, 0.29) is 6.54 Å². The van der Waals surface area contributed by atoms with Gasteiger partial charge in [0, 0.05) is 0 Å². The maximum Gasteiger partial charge on any atom is 0.326 e. The summed E-state index contributed by atoms with van der Waals surface area (Å²) < 4.78 is 5.00. The highest BCUT2D eigenvalue weighted by atomic mass is 16.5. The third-order valence-corrected chi connectivity index (χ3v) is 1.56. The molecule has 4 nitrogen and oxygen atoms in total. The summed E-state index contributed by atoms with van der Waals surface area (Å²) in [6, 6.07) is 7.31. The molecule has 70 valence electrons. The van der Waals surface area contributed by atoms with E-state index in [0.717, 1.165) is 5.56 Å². The first kappa shape index (κ1) is 9.70. The molecular weight excluding hydrogens is 168 g/mol. The van der Waals surface area contributed by atoms with Crippen molar-refractivity contribution in [2.45, 2.75) is 6.92 Å². The lowest BCUT2D eigenvalue weighted by Gasteiger charge is -2.05. The van der Waals surface area contributed by atoms with Gasteiger partial charge in [-0.3, -0.25) is 10.6 Å². The summed E-state index contributed by atoms with van der Waals surface area (Å²) >= 11 is 0. The Balaban J connectivity index is 2.63. The quantitative estimate of drug-likeness (QED) is 0.305. The van der Waals surface area contributed by atoms with Crippen molar-refractivity contribution in [1.29, 1.82) is 0 Å². The smallest absolute Gasteiger partial charge is 0.326 e. The summed E-state index contributed by atoms with van der Waals surface area (Å²) in [5.41, 5.74) is 3.16. The highest BCUT2D eigenvalue weighted by Gasteiger charge is 2.04. The van der Waals surface area contributed by atoms with Gasteiger partial charge in [0.15, 0.2) is 0 Å². The Bertz CT molecular complexity index is 299. The predicted octanol–water partition coefficient (Wildman–Crippen LogP) is 0.364. The predicted molar refractivity (Wildman–Crippen MR) is 49.0 cm³/mol. The molecule has 1 aromatic rings. The summed E-state index contributed by atoms with van der Waals surface area (Å²) in [6.45, 7) is 1.88. The number of benzene rings is 1. The van der Waals surface area contributed by atoms with Gasteiger partial charge in [-0.2, -0.15) is 0 Å². The monoisotopic (exact) mass is 180 g/mol. The Kier molecular flexibility index (Phi) is 3.42. The molecule has 0 aliphatic rings. The molecule has 13 heavy (non-hydrogen) atoms. The Morgan fingerprint density at radius 2 is 2.23 bits per heavy atom. The standard InChI is InChI=1S/C9H12N2O2/c1-7-4-2-3-5-8(7)13-9(12)6-11-10/h2-5,11H,6,10H2,1H3. The van der Waals surface area contributed by atoms with Crippen molar-refractivity contribution in [2.75, 3.05) is 6.54 Å². The fraction of sp³-hybridized carbons (Fsp3) is 0.222. The van der Waals surface area contributed by atoms with E-state index in [4.69, 9.17) is 10.6 Å². The van der Waals surface area contributed by atoms with Gasteiger partial charge >= 0.3 is 5.97 Å². The van der Waals surface area contributed by atoms with E-state index in [1.165, 1.54) is 0 Å². The molecule has 1 rings (SSSR count). The normalized spacial score (nSPS) is 9.69. The zero-order valence-electron chi connectivity index (χ0n) is 7.41. The first-order chi connectivity index (χ1) is 6.24. The number of carbonyl (C=O) groups is 1. The molecule has 0 atom stereocenters. The molecule has 0 radical (unpaired) electrons. The second kappa shape index (κ2) is 4.59. The molecular formula is C9H12N2O2. The van der Waals surface area contributed by atoms with Crippen LogP contribution in [0.4, 0.5) is 0 Å². The van der Waals surface area contributed by atoms with E-state index in [0.29, 0.717) is 5.75 Å². The Morgan fingerprint density at radius 3 is 2.85 bits per heavy atom. The summed E-state index contributed by atoms with van der Waals surface area (Å²) in [7, 11) is 0. The zero-order valence-corrected chi connectivity index (χ0v) is 7.41. The second-order valence-electron chi connectivity index (χ2n) is 2.62. The average Bonchev–Trinajstić information content (AvgIpc) is 2.09. The molecule has 0 fully saturated rings. The summed E-state index contributed by atoms with van der Waals surface area (Å²) in [5, 5.41) is 0. The number of esters is 1. The van der Waals surface area contributed by atoms with Gasteiger partial charge in [-0.1, -0.05) is 18.2 Å². The average molecular weight is 180 g/mol. The number of aryl methyl sites for hydroxylation is 1. The van der Waals surface area contributed by atoms with Crippen molar-refractivity contribution in [1.82, 2.24) is 5.43 Å². The van der Waals surface area contributed by atoms with Gasteiger partial charge in [0.2, 0.25) is 0 Å². The Morgan fingerprint density at radius 1 is 1.54 bits per heavy atom. The van der Waals surface area contributed by atoms with E-state index < -0.39 is 5.97 Å². The van der Waals surface area contributed by atoms with Crippen LogP contribution >= 0.6 is 0 Å². The molecule has 4 heteroatoms. The number of rotatable bonds is 3. The van der Waals surface area contributed by atoms with Crippen LogP contribution in [-0.2, 0) is 4.79 Å². The maximum atomic E-state index is 11.0. The molecule has 0 heterocycles. The molecule has 0 amide bonds. The van der Waals surface area contributed by atoms with Crippen LogP contribution in [0.1, 0.15) is 5.56 Å². The van der Waals surface area contributed by atoms with Crippen molar-refractivity contribution in [3.63, 3.8) is 0 Å². The van der Waals surface area contributed by atoms with Crippen molar-refractivity contribution in [3.05, 3.63) is 29.8 Å². The van der Waals surface area contributed by atoms with Crippen LogP contribution < -0.4 is 16.0 Å². The van der Waals surface area contributed by atoms with E-state index in [1.54, 1.807) is 6.07 Å². The highest BCUT2D eigenvalue weighted by molar-refractivity contribution is 5.74. The maximum absolute atomic E-state index is 11.0. The largest absolute Gasteiger partial charge is 0.425 e. The SMILES string of the molecule is Cc1ccccc1OC(=O)CNN. The number of nitrogens with two attached hydrogens (primary N) is 1. The molecule has 0 aromatic heterocycles. The van der Waals surface area contributed by atoms with Crippen molar-refractivity contribution >= 4 is 5.97 Å². The molecule has 0 bridgehead atoms. The third kappa shape index (κ3) is 2.85. The van der Waals surface area contributed by atoms with Crippen LogP contribution in [0.5, 0.6) is 5.75 Å². The molecule has 1 aromatic carbocycles. The molecule has 0 spiro atoms. The van der Waals surface area contributed by atoms with Crippen molar-refractivity contribution in [3.8, 4) is 5.75 Å². The first-order valence-electron chi connectivity index (χ1n) is 3.94. The van der Waals surface area contributed by atoms with Gasteiger partial charge in [-0.25, -0.2) is 5.43 Å². The van der Waals surface area contributed by atoms with E-state index in [1.807, 2.05) is 25.1 Å². The molecule has 0 aliphatic heterocycles. The number of hydrogen-bond acceptors (Lipinski definition) is 4.